The van der Waals surface area contributed by atoms with E-state index in [1.807, 2.05) is 0 Å². The van der Waals surface area contributed by atoms with E-state index in [4.69, 9.17) is 0 Å². The van der Waals surface area contributed by atoms with E-state index in [2.05, 4.69) is 0 Å². The summed E-state index contributed by atoms with van der Waals surface area (Å²) in [5, 5.41) is 0. The molecule has 1 aromatic rings. The molecule has 0 saturated carbocycles. The molecule has 0 aliphatic rings. The number of halogens is 2. The minimum absolute atomic E-state index is 0.0822. The van der Waals surface area contributed by atoms with Crippen LogP contribution in [0.3, 0.4) is 0 Å². The van der Waals surface area contributed by atoms with Crippen LogP contribution in [0.2, 0.25) is 0 Å². The smallest absolute Gasteiger partial charge is 0.242 e. The van der Waals surface area contributed by atoms with Gasteiger partial charge in [-0.25, -0.2) is 8.78 Å². The average molecular weight is 198 g/mol. The first kappa shape index (κ1) is 10.8. The maximum atomic E-state index is 12.2. The highest BCUT2D eigenvalue weighted by atomic mass is 19.3. The van der Waals surface area contributed by atoms with Gasteiger partial charge in [0.05, 0.1) is 0 Å². The fourth-order valence-corrected chi connectivity index (χ4v) is 1.33. The monoisotopic (exact) mass is 198 g/mol. The highest BCUT2D eigenvalue weighted by Gasteiger charge is 2.12. The van der Waals surface area contributed by atoms with Crippen LogP contribution in [0, 0.1) is 0 Å². The molecule has 0 radical (unpaired) electrons. The maximum absolute atomic E-state index is 12.2. The van der Waals surface area contributed by atoms with Gasteiger partial charge in [0.1, 0.15) is 0 Å². The van der Waals surface area contributed by atoms with Crippen LogP contribution in [-0.4, -0.2) is 12.2 Å². The van der Waals surface area contributed by atoms with Gasteiger partial charge in [0.15, 0.2) is 5.78 Å². The summed E-state index contributed by atoms with van der Waals surface area (Å²) in [6.07, 6.45) is -2.40. The van der Waals surface area contributed by atoms with Gasteiger partial charge < -0.3 is 0 Å². The first-order chi connectivity index (χ1) is 6.65. The lowest BCUT2D eigenvalue weighted by Gasteiger charge is -2.06. The second kappa shape index (κ2) is 4.84. The molecule has 1 rings (SSSR count). The van der Waals surface area contributed by atoms with Gasteiger partial charge in [-0.15, -0.1) is 0 Å². The van der Waals surface area contributed by atoms with Crippen LogP contribution in [-0.2, 0) is 6.42 Å². The molecule has 0 atom stereocenters. The quantitative estimate of drug-likeness (QED) is 0.679. The zero-order valence-corrected chi connectivity index (χ0v) is 7.97. The maximum Gasteiger partial charge on any atom is 0.242 e. The van der Waals surface area contributed by atoms with Crippen LogP contribution >= 0.6 is 0 Å². The predicted molar refractivity (Wildman–Crippen MR) is 50.8 cm³/mol. The van der Waals surface area contributed by atoms with Crippen LogP contribution in [0.1, 0.15) is 29.3 Å². The molecule has 1 nitrogen and oxygen atoms in total. The number of alkyl halides is 2. The summed E-state index contributed by atoms with van der Waals surface area (Å²) < 4.78 is 24.3. The summed E-state index contributed by atoms with van der Waals surface area (Å²) in [6.45, 7) is 1.72. The molecule has 14 heavy (non-hydrogen) atoms. The minimum Gasteiger partial charge on any atom is -0.294 e. The first-order valence-electron chi connectivity index (χ1n) is 4.54. The molecular weight excluding hydrogens is 186 g/mol. The second-order valence-corrected chi connectivity index (χ2v) is 3.03. The topological polar surface area (TPSA) is 17.1 Å². The fraction of sp³-hybridized carbons (Fsp3) is 0.364. The van der Waals surface area contributed by atoms with Crippen molar-refractivity contribution in [3.05, 3.63) is 35.4 Å². The minimum atomic E-state index is -2.40. The fourth-order valence-electron chi connectivity index (χ4n) is 1.33. The molecule has 0 heterocycles. The molecule has 3 heteroatoms. The number of Topliss-reactive ketones (excluding diaryl/α,β-unsaturated/α-hetero) is 1. The standard InChI is InChI=1S/C11H12F2O/c1-2-10(14)9-6-4-3-5-8(9)7-11(12)13/h3-6,11H,2,7H2,1H3. The molecule has 0 amide bonds. The lowest BCUT2D eigenvalue weighted by atomic mass is 10.00. The van der Waals surface area contributed by atoms with Crippen molar-refractivity contribution in [3.8, 4) is 0 Å². The third-order valence-corrected chi connectivity index (χ3v) is 2.01. The van der Waals surface area contributed by atoms with E-state index in [1.54, 1.807) is 31.2 Å². The van der Waals surface area contributed by atoms with Crippen molar-refractivity contribution >= 4 is 5.78 Å². The largest absolute Gasteiger partial charge is 0.294 e. The van der Waals surface area contributed by atoms with Crippen molar-refractivity contribution in [2.24, 2.45) is 0 Å². The van der Waals surface area contributed by atoms with Gasteiger partial charge >= 0.3 is 0 Å². The second-order valence-electron chi connectivity index (χ2n) is 3.03. The molecule has 0 aromatic heterocycles. The summed E-state index contributed by atoms with van der Waals surface area (Å²) in [4.78, 5) is 11.4. The van der Waals surface area contributed by atoms with Crippen LogP contribution in [0.5, 0.6) is 0 Å². The number of rotatable bonds is 4. The highest BCUT2D eigenvalue weighted by molar-refractivity contribution is 5.97. The summed E-state index contributed by atoms with van der Waals surface area (Å²) in [5.74, 6) is -0.0822. The summed E-state index contributed by atoms with van der Waals surface area (Å²) >= 11 is 0. The van der Waals surface area contributed by atoms with Crippen molar-refractivity contribution in [1.29, 1.82) is 0 Å². The van der Waals surface area contributed by atoms with Crippen molar-refractivity contribution in [2.45, 2.75) is 26.2 Å². The molecule has 76 valence electrons. The Kier molecular flexibility index (Phi) is 3.74. The SMILES string of the molecule is CCC(=O)c1ccccc1CC(F)F. The van der Waals surface area contributed by atoms with E-state index in [9.17, 15) is 13.6 Å². The zero-order valence-electron chi connectivity index (χ0n) is 7.97. The Labute approximate surface area is 81.7 Å². The normalized spacial score (nSPS) is 10.6. The molecular formula is C11H12F2O. The van der Waals surface area contributed by atoms with Gasteiger partial charge in [0.25, 0.3) is 0 Å². The molecule has 0 aliphatic heterocycles. The Hall–Kier alpha value is -1.25. The number of benzene rings is 1. The van der Waals surface area contributed by atoms with E-state index < -0.39 is 6.43 Å². The average Bonchev–Trinajstić information content (AvgIpc) is 2.16. The number of carbonyl (C=O) groups excluding carboxylic acids is 1. The zero-order chi connectivity index (χ0) is 10.6. The Morgan fingerprint density at radius 3 is 2.57 bits per heavy atom. The summed E-state index contributed by atoms with van der Waals surface area (Å²) in [5.41, 5.74) is 0.865. The van der Waals surface area contributed by atoms with E-state index in [0.717, 1.165) is 0 Å². The molecule has 0 fully saturated rings. The van der Waals surface area contributed by atoms with Gasteiger partial charge in [0.2, 0.25) is 6.43 Å². The molecule has 0 aliphatic carbocycles. The van der Waals surface area contributed by atoms with Crippen LogP contribution in [0.15, 0.2) is 24.3 Å². The number of hydrogen-bond donors (Lipinski definition) is 0. The predicted octanol–water partition coefficient (Wildman–Crippen LogP) is 3.09. The van der Waals surface area contributed by atoms with E-state index in [-0.39, 0.29) is 12.2 Å². The van der Waals surface area contributed by atoms with Gasteiger partial charge in [-0.1, -0.05) is 31.2 Å². The first-order valence-corrected chi connectivity index (χ1v) is 4.54. The highest BCUT2D eigenvalue weighted by Crippen LogP contribution is 2.14. The Morgan fingerprint density at radius 1 is 1.36 bits per heavy atom. The number of carbonyl (C=O) groups is 1. The van der Waals surface area contributed by atoms with Gasteiger partial charge in [-0.3, -0.25) is 4.79 Å². The van der Waals surface area contributed by atoms with Crippen LogP contribution in [0.25, 0.3) is 0 Å². The molecule has 1 aromatic carbocycles. The van der Waals surface area contributed by atoms with Gasteiger partial charge in [-0.2, -0.15) is 0 Å². The molecule has 0 bridgehead atoms. The van der Waals surface area contributed by atoms with E-state index >= 15 is 0 Å². The molecule has 0 unspecified atom stereocenters. The Bertz CT molecular complexity index is 321. The molecule has 0 spiro atoms. The van der Waals surface area contributed by atoms with Crippen LogP contribution in [0.4, 0.5) is 8.78 Å². The van der Waals surface area contributed by atoms with Crippen molar-refractivity contribution in [1.82, 2.24) is 0 Å². The number of hydrogen-bond acceptors (Lipinski definition) is 1. The third-order valence-electron chi connectivity index (χ3n) is 2.01. The van der Waals surface area contributed by atoms with Crippen LogP contribution < -0.4 is 0 Å². The lowest BCUT2D eigenvalue weighted by molar-refractivity contribution is 0.0985. The van der Waals surface area contributed by atoms with E-state index in [1.165, 1.54) is 0 Å². The third kappa shape index (κ3) is 2.62. The van der Waals surface area contributed by atoms with Gasteiger partial charge in [-0.05, 0) is 5.56 Å². The molecule has 0 saturated heterocycles. The van der Waals surface area contributed by atoms with E-state index in [0.29, 0.717) is 17.5 Å². The van der Waals surface area contributed by atoms with Gasteiger partial charge in [0, 0.05) is 18.4 Å². The molecule has 0 N–H and O–H groups in total. The lowest BCUT2D eigenvalue weighted by Crippen LogP contribution is -2.05. The van der Waals surface area contributed by atoms with Crippen molar-refractivity contribution in [2.75, 3.05) is 0 Å². The summed E-state index contributed by atoms with van der Waals surface area (Å²) in [7, 11) is 0. The summed E-state index contributed by atoms with van der Waals surface area (Å²) in [6, 6.07) is 6.54. The Morgan fingerprint density at radius 2 is 2.00 bits per heavy atom. The van der Waals surface area contributed by atoms with Crippen molar-refractivity contribution < 1.29 is 13.6 Å². The number of ketones is 1. The van der Waals surface area contributed by atoms with Crippen molar-refractivity contribution in [3.63, 3.8) is 0 Å². The Balaban J connectivity index is 2.97.